The normalized spacial score (nSPS) is 28.9. The van der Waals surface area contributed by atoms with Crippen molar-refractivity contribution in [3.63, 3.8) is 0 Å². The third kappa shape index (κ3) is 2.78. The number of hydrogen-bond donors (Lipinski definition) is 0. The van der Waals surface area contributed by atoms with Gasteiger partial charge in [0, 0.05) is 19.8 Å². The number of hydrogen-bond acceptors (Lipinski definition) is 4. The summed E-state index contributed by atoms with van der Waals surface area (Å²) in [4.78, 5) is 14.0. The molecule has 2 fully saturated rings. The fourth-order valence-electron chi connectivity index (χ4n) is 2.43. The Kier molecular flexibility index (Phi) is 4.36. The van der Waals surface area contributed by atoms with Crippen LogP contribution in [0.3, 0.4) is 0 Å². The van der Waals surface area contributed by atoms with E-state index in [1.807, 2.05) is 11.8 Å². The summed E-state index contributed by atoms with van der Waals surface area (Å²) in [5.41, 5.74) is -0.231. The van der Waals surface area contributed by atoms with Gasteiger partial charge in [0.15, 0.2) is 0 Å². The quantitative estimate of drug-likeness (QED) is 0.672. The van der Waals surface area contributed by atoms with Crippen LogP contribution in [0.25, 0.3) is 0 Å². The molecule has 17 heavy (non-hydrogen) atoms. The molecule has 0 radical (unpaired) electrons. The van der Waals surface area contributed by atoms with Crippen LogP contribution >= 0.6 is 0 Å². The molecule has 0 bridgehead atoms. The Bertz CT molecular complexity index is 263. The minimum Gasteiger partial charge on any atom is -0.379 e. The molecule has 2 aliphatic rings. The Balaban J connectivity index is 1.93. The van der Waals surface area contributed by atoms with E-state index in [0.29, 0.717) is 39.6 Å². The molecule has 2 rings (SSSR count). The fourth-order valence-corrected chi connectivity index (χ4v) is 2.43. The molecule has 1 spiro atoms. The highest BCUT2D eigenvalue weighted by Gasteiger charge is 2.45. The van der Waals surface area contributed by atoms with Crippen LogP contribution in [0.5, 0.6) is 0 Å². The van der Waals surface area contributed by atoms with Gasteiger partial charge in [-0.1, -0.05) is 6.92 Å². The lowest BCUT2D eigenvalue weighted by Crippen LogP contribution is -2.60. The molecule has 0 aromatic carbocycles. The molecule has 0 N–H and O–H groups in total. The zero-order valence-corrected chi connectivity index (χ0v) is 10.4. The van der Waals surface area contributed by atoms with Crippen molar-refractivity contribution >= 4 is 5.91 Å². The summed E-state index contributed by atoms with van der Waals surface area (Å²) in [5.74, 6) is 0.0623. The highest BCUT2D eigenvalue weighted by Crippen LogP contribution is 2.29. The van der Waals surface area contributed by atoms with E-state index in [9.17, 15) is 4.79 Å². The van der Waals surface area contributed by atoms with E-state index in [0.717, 1.165) is 12.8 Å². The van der Waals surface area contributed by atoms with Crippen molar-refractivity contribution in [1.29, 1.82) is 0 Å². The summed E-state index contributed by atoms with van der Waals surface area (Å²) in [7, 11) is 0. The van der Waals surface area contributed by atoms with Crippen LogP contribution < -0.4 is 0 Å². The maximum Gasteiger partial charge on any atom is 0.249 e. The van der Waals surface area contributed by atoms with E-state index in [-0.39, 0.29) is 18.1 Å². The summed E-state index contributed by atoms with van der Waals surface area (Å²) in [6.07, 6.45) is 1.80. The zero-order chi connectivity index (χ0) is 12.1. The van der Waals surface area contributed by atoms with Gasteiger partial charge in [0.2, 0.25) is 5.91 Å². The zero-order valence-electron chi connectivity index (χ0n) is 10.4. The predicted octanol–water partition coefficient (Wildman–Crippen LogP) is 0.431. The van der Waals surface area contributed by atoms with Crippen molar-refractivity contribution in [3.05, 3.63) is 0 Å². The Morgan fingerprint density at radius 1 is 1.35 bits per heavy atom. The minimum absolute atomic E-state index is 0.0623. The van der Waals surface area contributed by atoms with Crippen LogP contribution in [0.4, 0.5) is 0 Å². The minimum atomic E-state index is -0.231. The number of carbonyl (C=O) groups excluding carboxylic acids is 1. The average Bonchev–Trinajstić information content (AvgIpc) is 2.79. The van der Waals surface area contributed by atoms with Gasteiger partial charge in [-0.05, 0) is 12.8 Å². The molecule has 5 nitrogen and oxygen atoms in total. The number of carbonyl (C=O) groups is 1. The van der Waals surface area contributed by atoms with Crippen molar-refractivity contribution in [2.75, 3.05) is 46.2 Å². The van der Waals surface area contributed by atoms with E-state index in [1.54, 1.807) is 0 Å². The Labute approximate surface area is 102 Å². The molecule has 2 aliphatic heterocycles. The van der Waals surface area contributed by atoms with E-state index in [1.165, 1.54) is 0 Å². The highest BCUT2D eigenvalue weighted by atomic mass is 16.5. The van der Waals surface area contributed by atoms with Gasteiger partial charge in [-0.25, -0.2) is 0 Å². The molecule has 0 unspecified atom stereocenters. The first-order chi connectivity index (χ1) is 8.28. The number of amides is 1. The SMILES string of the molecule is CCCOCC(=O)N1CCOC[C@@]12CCOC2. The van der Waals surface area contributed by atoms with Crippen LogP contribution in [0.15, 0.2) is 0 Å². The fraction of sp³-hybridized carbons (Fsp3) is 0.917. The van der Waals surface area contributed by atoms with Gasteiger partial charge >= 0.3 is 0 Å². The van der Waals surface area contributed by atoms with E-state index in [2.05, 4.69) is 0 Å². The van der Waals surface area contributed by atoms with Gasteiger partial charge in [-0.2, -0.15) is 0 Å². The molecule has 2 heterocycles. The number of nitrogens with zero attached hydrogens (tertiary/aromatic N) is 1. The lowest BCUT2D eigenvalue weighted by atomic mass is 9.96. The molecule has 0 aliphatic carbocycles. The molecule has 0 aromatic rings. The summed E-state index contributed by atoms with van der Waals surface area (Å²) in [6, 6.07) is 0. The lowest BCUT2D eigenvalue weighted by molar-refractivity contribution is -0.154. The van der Waals surface area contributed by atoms with Crippen molar-refractivity contribution in [2.24, 2.45) is 0 Å². The third-order valence-corrected chi connectivity index (χ3v) is 3.36. The van der Waals surface area contributed by atoms with Crippen molar-refractivity contribution in [2.45, 2.75) is 25.3 Å². The molecule has 0 saturated carbocycles. The third-order valence-electron chi connectivity index (χ3n) is 3.36. The first-order valence-corrected chi connectivity index (χ1v) is 6.32. The van der Waals surface area contributed by atoms with Gasteiger partial charge in [-0.3, -0.25) is 4.79 Å². The molecular formula is C12H21NO4. The summed E-state index contributed by atoms with van der Waals surface area (Å²) >= 11 is 0. The smallest absolute Gasteiger partial charge is 0.249 e. The number of ether oxygens (including phenoxy) is 3. The predicted molar refractivity (Wildman–Crippen MR) is 61.8 cm³/mol. The maximum absolute atomic E-state index is 12.1. The molecule has 98 valence electrons. The van der Waals surface area contributed by atoms with Crippen molar-refractivity contribution in [3.8, 4) is 0 Å². The Morgan fingerprint density at radius 3 is 2.82 bits per heavy atom. The lowest BCUT2D eigenvalue weighted by Gasteiger charge is -2.43. The van der Waals surface area contributed by atoms with Crippen LogP contribution in [0.1, 0.15) is 19.8 Å². The van der Waals surface area contributed by atoms with Crippen LogP contribution in [0.2, 0.25) is 0 Å². The van der Waals surface area contributed by atoms with Crippen LogP contribution in [-0.4, -0.2) is 62.5 Å². The average molecular weight is 243 g/mol. The first-order valence-electron chi connectivity index (χ1n) is 6.32. The summed E-state index contributed by atoms with van der Waals surface area (Å²) in [5, 5.41) is 0. The standard InChI is InChI=1S/C12H21NO4/c1-2-5-15-8-11(14)13-4-7-17-10-12(13)3-6-16-9-12/h2-10H2,1H3/t12-/m0/s1. The van der Waals surface area contributed by atoms with E-state index < -0.39 is 0 Å². The second kappa shape index (κ2) is 5.80. The Morgan fingerprint density at radius 2 is 2.12 bits per heavy atom. The first kappa shape index (κ1) is 12.8. The van der Waals surface area contributed by atoms with E-state index >= 15 is 0 Å². The van der Waals surface area contributed by atoms with Gasteiger partial charge in [0.1, 0.15) is 6.61 Å². The van der Waals surface area contributed by atoms with Crippen molar-refractivity contribution in [1.82, 2.24) is 4.90 Å². The summed E-state index contributed by atoms with van der Waals surface area (Å²) in [6.45, 7) is 6.00. The number of rotatable bonds is 4. The molecular weight excluding hydrogens is 222 g/mol. The van der Waals surface area contributed by atoms with Gasteiger partial charge < -0.3 is 19.1 Å². The highest BCUT2D eigenvalue weighted by molar-refractivity contribution is 5.78. The number of morpholine rings is 1. The van der Waals surface area contributed by atoms with Gasteiger partial charge in [0.05, 0.1) is 25.4 Å². The second-order valence-corrected chi connectivity index (χ2v) is 4.68. The molecule has 2 saturated heterocycles. The largest absolute Gasteiger partial charge is 0.379 e. The monoisotopic (exact) mass is 243 g/mol. The van der Waals surface area contributed by atoms with E-state index in [4.69, 9.17) is 14.2 Å². The van der Waals surface area contributed by atoms with Crippen LogP contribution in [-0.2, 0) is 19.0 Å². The molecule has 1 atom stereocenters. The molecule has 0 aromatic heterocycles. The van der Waals surface area contributed by atoms with Crippen LogP contribution in [0, 0.1) is 0 Å². The van der Waals surface area contributed by atoms with Gasteiger partial charge in [0.25, 0.3) is 0 Å². The topological polar surface area (TPSA) is 48.0 Å². The molecule has 5 heteroatoms. The second-order valence-electron chi connectivity index (χ2n) is 4.68. The Hall–Kier alpha value is -0.650. The van der Waals surface area contributed by atoms with Crippen molar-refractivity contribution < 1.29 is 19.0 Å². The summed E-state index contributed by atoms with van der Waals surface area (Å²) < 4.78 is 16.3. The molecule has 1 amide bonds. The van der Waals surface area contributed by atoms with Gasteiger partial charge in [-0.15, -0.1) is 0 Å². The maximum atomic E-state index is 12.1.